The van der Waals surface area contributed by atoms with Gasteiger partial charge in [0.25, 0.3) is 5.91 Å². The fraction of sp³-hybridized carbons (Fsp3) is 0.412. The van der Waals surface area contributed by atoms with E-state index >= 15 is 0 Å². The van der Waals surface area contributed by atoms with Gasteiger partial charge in [0.05, 0.1) is 19.9 Å². The van der Waals surface area contributed by atoms with Crippen LogP contribution in [-0.2, 0) is 6.54 Å². The number of hydrogen-bond acceptors (Lipinski definition) is 4. The maximum Gasteiger partial charge on any atom is 0.251 e. The first-order valence-electron chi connectivity index (χ1n) is 7.56. The van der Waals surface area contributed by atoms with Gasteiger partial charge in [0.1, 0.15) is 11.5 Å². The molecule has 2 aromatic rings. The lowest BCUT2D eigenvalue weighted by atomic mass is 10.2. The Labute approximate surface area is 136 Å². The molecule has 2 rings (SSSR count). The van der Waals surface area contributed by atoms with Gasteiger partial charge in [-0.1, -0.05) is 0 Å². The van der Waals surface area contributed by atoms with E-state index in [-0.39, 0.29) is 5.91 Å². The summed E-state index contributed by atoms with van der Waals surface area (Å²) < 4.78 is 12.3. The maximum atomic E-state index is 12.2. The second-order valence-electron chi connectivity index (χ2n) is 5.36. The molecule has 0 atom stereocenters. The highest BCUT2D eigenvalue weighted by molar-refractivity contribution is 5.95. The zero-order valence-electron chi connectivity index (χ0n) is 14.0. The highest BCUT2D eigenvalue weighted by Gasteiger charge is 2.09. The summed E-state index contributed by atoms with van der Waals surface area (Å²) in [5.74, 6) is 1.05. The Balaban J connectivity index is 1.88. The lowest BCUT2D eigenvalue weighted by Gasteiger charge is -2.09. The number of carbonyl (C=O) groups is 1. The Morgan fingerprint density at radius 1 is 1.13 bits per heavy atom. The van der Waals surface area contributed by atoms with Gasteiger partial charge in [0, 0.05) is 30.4 Å². The van der Waals surface area contributed by atoms with Gasteiger partial charge in [-0.2, -0.15) is 5.10 Å². The van der Waals surface area contributed by atoms with Crippen molar-refractivity contribution in [3.05, 3.63) is 41.2 Å². The summed E-state index contributed by atoms with van der Waals surface area (Å²) in [7, 11) is 3.12. The van der Waals surface area contributed by atoms with Crippen molar-refractivity contribution in [3.63, 3.8) is 0 Å². The fourth-order valence-electron chi connectivity index (χ4n) is 2.37. The summed E-state index contributed by atoms with van der Waals surface area (Å²) in [5, 5.41) is 7.31. The van der Waals surface area contributed by atoms with Gasteiger partial charge in [0.2, 0.25) is 0 Å². The molecule has 23 heavy (non-hydrogen) atoms. The average Bonchev–Trinajstić information content (AvgIpc) is 2.88. The summed E-state index contributed by atoms with van der Waals surface area (Å²) in [5.41, 5.74) is 2.66. The number of nitrogens with one attached hydrogen (secondary N) is 1. The van der Waals surface area contributed by atoms with Crippen LogP contribution < -0.4 is 14.8 Å². The molecule has 0 spiro atoms. The van der Waals surface area contributed by atoms with E-state index in [4.69, 9.17) is 9.47 Å². The van der Waals surface area contributed by atoms with Gasteiger partial charge in [0.15, 0.2) is 0 Å². The SMILES string of the molecule is COc1cc(OC)cc(C(=O)NCCCn2nc(C)cc2C)c1. The van der Waals surface area contributed by atoms with Crippen LogP contribution >= 0.6 is 0 Å². The van der Waals surface area contributed by atoms with Crippen molar-refractivity contribution in [1.82, 2.24) is 15.1 Å². The van der Waals surface area contributed by atoms with Crippen LogP contribution in [0.4, 0.5) is 0 Å². The van der Waals surface area contributed by atoms with Crippen molar-refractivity contribution in [2.45, 2.75) is 26.8 Å². The number of aryl methyl sites for hydroxylation is 3. The lowest BCUT2D eigenvalue weighted by Crippen LogP contribution is -2.25. The predicted octanol–water partition coefficient (Wildman–Crippen LogP) is 2.34. The van der Waals surface area contributed by atoms with E-state index in [2.05, 4.69) is 10.4 Å². The zero-order valence-corrected chi connectivity index (χ0v) is 14.0. The molecule has 0 saturated heterocycles. The molecule has 1 aromatic carbocycles. The smallest absolute Gasteiger partial charge is 0.251 e. The summed E-state index contributed by atoms with van der Waals surface area (Å²) in [6, 6.07) is 7.17. The molecule has 0 bridgehead atoms. The van der Waals surface area contributed by atoms with Gasteiger partial charge >= 0.3 is 0 Å². The van der Waals surface area contributed by atoms with Gasteiger partial charge in [-0.25, -0.2) is 0 Å². The first-order chi connectivity index (χ1) is 11.0. The van der Waals surface area contributed by atoms with Crippen LogP contribution in [0.5, 0.6) is 11.5 Å². The molecule has 0 aliphatic carbocycles. The molecular formula is C17H23N3O3. The molecule has 0 radical (unpaired) electrons. The third-order valence-electron chi connectivity index (χ3n) is 3.55. The van der Waals surface area contributed by atoms with Crippen LogP contribution in [0.25, 0.3) is 0 Å². The van der Waals surface area contributed by atoms with Crippen LogP contribution in [0.2, 0.25) is 0 Å². The molecule has 0 fully saturated rings. The van der Waals surface area contributed by atoms with Crippen LogP contribution in [0, 0.1) is 13.8 Å². The van der Waals surface area contributed by atoms with E-state index < -0.39 is 0 Å². The monoisotopic (exact) mass is 317 g/mol. The Hall–Kier alpha value is -2.50. The van der Waals surface area contributed by atoms with Crippen molar-refractivity contribution in [3.8, 4) is 11.5 Å². The maximum absolute atomic E-state index is 12.2. The van der Waals surface area contributed by atoms with Crippen LogP contribution in [0.1, 0.15) is 28.2 Å². The Morgan fingerprint density at radius 3 is 2.30 bits per heavy atom. The van der Waals surface area contributed by atoms with Crippen LogP contribution in [0.15, 0.2) is 24.3 Å². The molecule has 124 valence electrons. The largest absolute Gasteiger partial charge is 0.497 e. The number of ether oxygens (including phenoxy) is 2. The molecule has 1 N–H and O–H groups in total. The third-order valence-corrected chi connectivity index (χ3v) is 3.55. The molecule has 6 heteroatoms. The zero-order chi connectivity index (χ0) is 16.8. The second kappa shape index (κ2) is 7.67. The molecule has 6 nitrogen and oxygen atoms in total. The van der Waals surface area contributed by atoms with Gasteiger partial charge in [-0.3, -0.25) is 9.48 Å². The number of amides is 1. The van der Waals surface area contributed by atoms with E-state index in [1.807, 2.05) is 24.6 Å². The van der Waals surface area contributed by atoms with E-state index in [1.165, 1.54) is 0 Å². The van der Waals surface area contributed by atoms with Crippen molar-refractivity contribution >= 4 is 5.91 Å². The highest BCUT2D eigenvalue weighted by atomic mass is 16.5. The van der Waals surface area contributed by atoms with E-state index in [1.54, 1.807) is 32.4 Å². The molecule has 0 aliphatic rings. The fourth-order valence-corrected chi connectivity index (χ4v) is 2.37. The normalized spacial score (nSPS) is 10.4. The molecule has 1 amide bonds. The number of nitrogens with zero attached hydrogens (tertiary/aromatic N) is 2. The summed E-state index contributed by atoms with van der Waals surface area (Å²) in [6.45, 7) is 5.36. The van der Waals surface area contributed by atoms with Crippen LogP contribution in [-0.4, -0.2) is 36.5 Å². The minimum absolute atomic E-state index is 0.143. The quantitative estimate of drug-likeness (QED) is 0.796. The van der Waals surface area contributed by atoms with Crippen molar-refractivity contribution < 1.29 is 14.3 Å². The summed E-state index contributed by atoms with van der Waals surface area (Å²) >= 11 is 0. The number of aromatic nitrogens is 2. The average molecular weight is 317 g/mol. The Kier molecular flexibility index (Phi) is 5.62. The minimum Gasteiger partial charge on any atom is -0.497 e. The number of carbonyl (C=O) groups excluding carboxylic acids is 1. The summed E-state index contributed by atoms with van der Waals surface area (Å²) in [4.78, 5) is 12.2. The lowest BCUT2D eigenvalue weighted by molar-refractivity contribution is 0.0952. The molecular weight excluding hydrogens is 294 g/mol. The molecule has 0 saturated carbocycles. The second-order valence-corrected chi connectivity index (χ2v) is 5.36. The van der Waals surface area contributed by atoms with Gasteiger partial charge in [-0.15, -0.1) is 0 Å². The van der Waals surface area contributed by atoms with E-state index in [0.29, 0.717) is 23.6 Å². The van der Waals surface area contributed by atoms with E-state index in [0.717, 1.165) is 24.4 Å². The molecule has 1 heterocycles. The topological polar surface area (TPSA) is 65.4 Å². The number of rotatable bonds is 7. The van der Waals surface area contributed by atoms with E-state index in [9.17, 15) is 4.79 Å². The van der Waals surface area contributed by atoms with Crippen molar-refractivity contribution in [1.29, 1.82) is 0 Å². The minimum atomic E-state index is -0.143. The first kappa shape index (κ1) is 16.9. The number of methoxy groups -OCH3 is 2. The first-order valence-corrected chi connectivity index (χ1v) is 7.56. The predicted molar refractivity (Wildman–Crippen MR) is 88.2 cm³/mol. The molecule has 0 unspecified atom stereocenters. The molecule has 0 aliphatic heterocycles. The van der Waals surface area contributed by atoms with Crippen molar-refractivity contribution in [2.75, 3.05) is 20.8 Å². The highest BCUT2D eigenvalue weighted by Crippen LogP contribution is 2.22. The van der Waals surface area contributed by atoms with Gasteiger partial charge < -0.3 is 14.8 Å². The summed E-state index contributed by atoms with van der Waals surface area (Å²) in [6.07, 6.45) is 0.814. The Morgan fingerprint density at radius 2 is 1.78 bits per heavy atom. The van der Waals surface area contributed by atoms with Crippen LogP contribution in [0.3, 0.4) is 0 Å². The van der Waals surface area contributed by atoms with Crippen molar-refractivity contribution in [2.24, 2.45) is 0 Å². The van der Waals surface area contributed by atoms with Gasteiger partial charge in [-0.05, 0) is 38.5 Å². The standard InChI is InChI=1S/C17H23N3O3/c1-12-8-13(2)20(19-12)7-5-6-18-17(21)14-9-15(22-3)11-16(10-14)23-4/h8-11H,5-7H2,1-4H3,(H,18,21). The Bertz CT molecular complexity index is 657. The number of hydrogen-bond donors (Lipinski definition) is 1. The number of benzene rings is 1. The molecule has 1 aromatic heterocycles. The third kappa shape index (κ3) is 4.48.